The third-order valence-corrected chi connectivity index (χ3v) is 9.00. The molecule has 1 fully saturated rings. The van der Waals surface area contributed by atoms with Crippen LogP contribution in [0.1, 0.15) is 40.2 Å². The number of fused-ring (bicyclic) bond motifs is 2. The van der Waals surface area contributed by atoms with Crippen LogP contribution in [-0.2, 0) is 15.8 Å². The number of nitrogens with two attached hydrogens (primary N) is 1. The smallest absolute Gasteiger partial charge is 0.424 e. The fourth-order valence-corrected chi connectivity index (χ4v) is 6.02. The van der Waals surface area contributed by atoms with Crippen molar-refractivity contribution >= 4 is 34.3 Å². The Morgan fingerprint density at radius 2 is 1.85 bits per heavy atom. The number of aromatic nitrogens is 2. The van der Waals surface area contributed by atoms with Gasteiger partial charge in [0.25, 0.3) is 5.91 Å². The quantitative estimate of drug-likeness (QED) is 0.224. The first kappa shape index (κ1) is 31.5. The lowest BCUT2D eigenvalue weighted by Crippen LogP contribution is -2.52. The minimum Gasteiger partial charge on any atom is -0.494 e. The summed E-state index contributed by atoms with van der Waals surface area (Å²) in [5, 5.41) is 14.3. The molecule has 1 aliphatic carbocycles. The highest BCUT2D eigenvalue weighted by Gasteiger charge is 2.60. The number of carbonyl (C=O) groups excluding carboxylic acids is 2. The summed E-state index contributed by atoms with van der Waals surface area (Å²) < 4.78 is 69.6. The number of halogens is 5. The monoisotopic (exact) mass is 658 g/mol. The highest BCUT2D eigenvalue weighted by molar-refractivity contribution is 6.31. The molecule has 2 aliphatic rings. The van der Waals surface area contributed by atoms with Crippen molar-refractivity contribution in [3.8, 4) is 22.8 Å². The number of primary amides is 1. The van der Waals surface area contributed by atoms with E-state index in [2.05, 4.69) is 15.3 Å². The molecule has 0 saturated heterocycles. The van der Waals surface area contributed by atoms with E-state index in [0.717, 1.165) is 18.2 Å². The molecule has 0 unspecified atom stereocenters. The number of alkyl halides is 3. The lowest BCUT2D eigenvalue weighted by Gasteiger charge is -2.32. The summed E-state index contributed by atoms with van der Waals surface area (Å²) in [6.45, 7) is 0.0919. The number of pyridine rings is 2. The second-order valence-corrected chi connectivity index (χ2v) is 11.9. The van der Waals surface area contributed by atoms with E-state index in [1.807, 2.05) is 0 Å². The van der Waals surface area contributed by atoms with Gasteiger partial charge in [-0.2, -0.15) is 13.2 Å². The van der Waals surface area contributed by atoms with E-state index in [1.54, 1.807) is 13.0 Å². The van der Waals surface area contributed by atoms with E-state index >= 15 is 0 Å². The van der Waals surface area contributed by atoms with Gasteiger partial charge in [0.2, 0.25) is 11.5 Å². The van der Waals surface area contributed by atoms with Crippen LogP contribution in [0, 0.1) is 18.7 Å². The molecule has 1 saturated carbocycles. The highest BCUT2D eigenvalue weighted by Crippen LogP contribution is 2.56. The molecule has 2 aromatic heterocycles. The average Bonchev–Trinajstić information content (AvgIpc) is 3.79. The van der Waals surface area contributed by atoms with Gasteiger partial charge in [-0.25, -0.2) is 14.4 Å². The van der Waals surface area contributed by atoms with Gasteiger partial charge in [0, 0.05) is 22.1 Å². The van der Waals surface area contributed by atoms with Gasteiger partial charge < -0.3 is 25.6 Å². The van der Waals surface area contributed by atoms with Crippen LogP contribution in [0.4, 0.5) is 17.6 Å². The van der Waals surface area contributed by atoms with Gasteiger partial charge in [-0.1, -0.05) is 11.6 Å². The molecule has 0 spiro atoms. The second kappa shape index (κ2) is 11.1. The molecule has 6 rings (SSSR count). The minimum atomic E-state index is -5.37. The number of benzene rings is 2. The molecule has 4 N–H and O–H groups in total. The maximum absolute atomic E-state index is 14.9. The molecule has 46 heavy (non-hydrogen) atoms. The molecule has 240 valence electrons. The molecule has 2 aromatic carbocycles. The van der Waals surface area contributed by atoms with Crippen LogP contribution in [0.2, 0.25) is 5.02 Å². The molecule has 0 bridgehead atoms. The molecule has 14 heteroatoms. The first-order valence-corrected chi connectivity index (χ1v) is 14.5. The van der Waals surface area contributed by atoms with E-state index in [9.17, 15) is 32.3 Å². The van der Waals surface area contributed by atoms with E-state index in [0.29, 0.717) is 34.5 Å². The number of carbonyl (C=O) groups is 2. The molecule has 2 amide bonds. The Balaban J connectivity index is 1.44. The molecule has 3 heterocycles. The highest BCUT2D eigenvalue weighted by atomic mass is 35.5. The van der Waals surface area contributed by atoms with Crippen molar-refractivity contribution < 1.29 is 41.7 Å². The van der Waals surface area contributed by atoms with Gasteiger partial charge >= 0.3 is 6.18 Å². The first-order chi connectivity index (χ1) is 21.7. The van der Waals surface area contributed by atoms with E-state index in [1.165, 1.54) is 31.4 Å². The number of hydrogen-bond donors (Lipinski definition) is 3. The van der Waals surface area contributed by atoms with Crippen molar-refractivity contribution in [3.63, 3.8) is 0 Å². The summed E-state index contributed by atoms with van der Waals surface area (Å²) in [4.78, 5) is 34.7. The summed E-state index contributed by atoms with van der Waals surface area (Å²) in [5.74, 6) is -2.46. The summed E-state index contributed by atoms with van der Waals surface area (Å²) in [6.07, 6.45) is -4.19. The summed E-state index contributed by atoms with van der Waals surface area (Å²) >= 11 is 6.20. The zero-order valence-electron chi connectivity index (χ0n) is 24.5. The van der Waals surface area contributed by atoms with Crippen molar-refractivity contribution in [2.75, 3.05) is 20.3 Å². The molecule has 4 aromatic rings. The van der Waals surface area contributed by atoms with Crippen LogP contribution >= 0.6 is 11.6 Å². The lowest BCUT2D eigenvalue weighted by atomic mass is 9.76. The number of aliphatic hydroxyl groups is 1. The van der Waals surface area contributed by atoms with Gasteiger partial charge in [-0.15, -0.1) is 0 Å². The predicted molar refractivity (Wildman–Crippen MR) is 159 cm³/mol. The number of rotatable bonds is 8. The zero-order chi connectivity index (χ0) is 33.2. The number of aryl methyl sites for hydroxylation is 1. The zero-order valence-corrected chi connectivity index (χ0v) is 25.2. The Labute approximate surface area is 264 Å². The van der Waals surface area contributed by atoms with E-state index in [-0.39, 0.29) is 46.4 Å². The van der Waals surface area contributed by atoms with Crippen molar-refractivity contribution in [2.24, 2.45) is 11.7 Å². The van der Waals surface area contributed by atoms with Gasteiger partial charge in [-0.05, 0) is 74.2 Å². The Kier molecular flexibility index (Phi) is 7.59. The lowest BCUT2D eigenvalue weighted by molar-refractivity contribution is -0.265. The number of nitrogens with one attached hydrogen (secondary N) is 1. The fraction of sp³-hybridized carbons (Fsp3) is 0.312. The fourth-order valence-electron chi connectivity index (χ4n) is 5.86. The van der Waals surface area contributed by atoms with Crippen molar-refractivity contribution in [3.05, 3.63) is 81.9 Å². The Morgan fingerprint density at radius 3 is 2.46 bits per heavy atom. The Morgan fingerprint density at radius 1 is 1.15 bits per heavy atom. The Bertz CT molecular complexity index is 1900. The van der Waals surface area contributed by atoms with Crippen molar-refractivity contribution in [1.82, 2.24) is 15.3 Å². The topological polar surface area (TPSA) is 137 Å². The molecular weight excluding hydrogens is 632 g/mol. The number of amides is 2. The van der Waals surface area contributed by atoms with Crippen molar-refractivity contribution in [2.45, 2.75) is 37.0 Å². The van der Waals surface area contributed by atoms with Crippen LogP contribution in [0.3, 0.4) is 0 Å². The van der Waals surface area contributed by atoms with Crippen LogP contribution in [0.25, 0.3) is 22.2 Å². The number of methoxy groups -OCH3 is 1. The summed E-state index contributed by atoms with van der Waals surface area (Å²) in [7, 11) is 1.35. The van der Waals surface area contributed by atoms with Crippen LogP contribution in [0.15, 0.2) is 48.5 Å². The third-order valence-electron chi connectivity index (χ3n) is 8.62. The maximum Gasteiger partial charge on any atom is 0.424 e. The molecular formula is C32H27ClF4N4O5. The maximum atomic E-state index is 14.9. The summed E-state index contributed by atoms with van der Waals surface area (Å²) in [5.41, 5.74) is 0.598. The Hall–Kier alpha value is -4.49. The standard InChI is InChI=1S/C32H27ClF4N4O5/c1-15-22(33)10-17-9-18(11-23(45-2)25(17)40-15)28(42)39-13-31(44,32(35,36)37)24-12-21-27(26(41-24)16-3-7-20(34)8-4-16)46-14-30(21,29(38)43)19-5-6-19/h3-4,7-12,19,44H,5-6,13-14H2,1-2H3,(H2,38,43)(H,39,42)/t30-,31+/m1/s1. The van der Waals surface area contributed by atoms with Crippen LogP contribution in [-0.4, -0.2) is 53.3 Å². The first-order valence-electron chi connectivity index (χ1n) is 14.2. The normalized spacial score (nSPS) is 18.9. The largest absolute Gasteiger partial charge is 0.494 e. The number of ether oxygens (including phenoxy) is 2. The van der Waals surface area contributed by atoms with Gasteiger partial charge in [0.1, 0.15) is 40.5 Å². The number of hydrogen-bond acceptors (Lipinski definition) is 7. The van der Waals surface area contributed by atoms with Gasteiger partial charge in [0.15, 0.2) is 0 Å². The van der Waals surface area contributed by atoms with Gasteiger partial charge in [0.05, 0.1) is 30.1 Å². The van der Waals surface area contributed by atoms with Crippen LogP contribution < -0.4 is 20.5 Å². The van der Waals surface area contributed by atoms with Gasteiger partial charge in [-0.3, -0.25) is 9.59 Å². The molecule has 9 nitrogen and oxygen atoms in total. The molecule has 0 radical (unpaired) electrons. The number of nitrogens with zero attached hydrogens (tertiary/aromatic N) is 2. The van der Waals surface area contributed by atoms with E-state index < -0.39 is 47.1 Å². The molecule has 1 aliphatic heterocycles. The average molecular weight is 659 g/mol. The second-order valence-electron chi connectivity index (χ2n) is 11.5. The molecule has 2 atom stereocenters. The van der Waals surface area contributed by atoms with Crippen molar-refractivity contribution in [1.29, 1.82) is 0 Å². The minimum absolute atomic E-state index is 0.0142. The van der Waals surface area contributed by atoms with Crippen LogP contribution in [0.5, 0.6) is 11.5 Å². The van der Waals surface area contributed by atoms with E-state index in [4.69, 9.17) is 26.8 Å². The predicted octanol–water partition coefficient (Wildman–Crippen LogP) is 5.11. The third kappa shape index (κ3) is 5.07. The summed E-state index contributed by atoms with van der Waals surface area (Å²) in [6, 6.07) is 9.95. The SMILES string of the molecule is COc1cc(C(=O)NC[C@](O)(c2cc3c(c(-c4ccc(F)cc4)n2)OC[C@@]3(C(N)=O)C2CC2)C(F)(F)F)cc2cc(Cl)c(C)nc12.